The lowest BCUT2D eigenvalue weighted by atomic mass is 10.3. The van der Waals surface area contributed by atoms with Crippen LogP contribution in [-0.4, -0.2) is 28.6 Å². The van der Waals surface area contributed by atoms with E-state index in [2.05, 4.69) is 29.8 Å². The Hall–Kier alpha value is -2.82. The van der Waals surface area contributed by atoms with Crippen LogP contribution in [0.25, 0.3) is 11.0 Å². The molecule has 0 aliphatic rings. The van der Waals surface area contributed by atoms with E-state index in [1.165, 1.54) is 0 Å². The fraction of sp³-hybridized carbons (Fsp3) is 0.300. The lowest BCUT2D eigenvalue weighted by Gasteiger charge is -2.13. The van der Waals surface area contributed by atoms with Crippen molar-refractivity contribution in [3.63, 3.8) is 0 Å². The van der Waals surface area contributed by atoms with Gasteiger partial charge in [0.05, 0.1) is 11.0 Å². The average Bonchev–Trinajstić information content (AvgIpc) is 2.99. The molecule has 0 unspecified atom stereocenters. The Morgan fingerprint density at radius 1 is 1.12 bits per heavy atom. The Balaban J connectivity index is 1.56. The molecular weight excluding hydrogens is 314 g/mol. The van der Waals surface area contributed by atoms with E-state index in [9.17, 15) is 4.79 Å². The van der Waals surface area contributed by atoms with Crippen LogP contribution < -0.4 is 10.1 Å². The summed E-state index contributed by atoms with van der Waals surface area (Å²) in [6, 6.07) is 17.8. The lowest BCUT2D eigenvalue weighted by molar-refractivity contribution is -0.123. The fourth-order valence-corrected chi connectivity index (χ4v) is 2.88. The van der Waals surface area contributed by atoms with E-state index in [1.54, 1.807) is 0 Å². The normalized spacial score (nSPS) is 11.0. The molecule has 3 aromatic rings. The van der Waals surface area contributed by atoms with Gasteiger partial charge in [-0.15, -0.1) is 0 Å². The third-order valence-electron chi connectivity index (χ3n) is 3.97. The number of rotatable bonds is 7. The summed E-state index contributed by atoms with van der Waals surface area (Å²) in [4.78, 5) is 16.6. The van der Waals surface area contributed by atoms with Gasteiger partial charge in [-0.3, -0.25) is 4.79 Å². The van der Waals surface area contributed by atoms with Gasteiger partial charge in [0.15, 0.2) is 6.61 Å². The van der Waals surface area contributed by atoms with Crippen LogP contribution in [0.15, 0.2) is 54.6 Å². The number of hydrogen-bond donors (Lipinski definition) is 1. The van der Waals surface area contributed by atoms with E-state index in [0.29, 0.717) is 24.8 Å². The molecule has 1 heterocycles. The van der Waals surface area contributed by atoms with Crippen molar-refractivity contribution in [3.05, 3.63) is 60.4 Å². The summed E-state index contributed by atoms with van der Waals surface area (Å²) >= 11 is 0. The highest BCUT2D eigenvalue weighted by Crippen LogP contribution is 2.21. The first-order valence-electron chi connectivity index (χ1n) is 8.55. The number of benzene rings is 2. The van der Waals surface area contributed by atoms with E-state index in [-0.39, 0.29) is 12.5 Å². The number of fused-ring (bicyclic) bond motifs is 1. The SMILES string of the molecule is CC(C)n1c(CCNC(=O)COc2ccccc2)nc2ccccc21. The number of nitrogens with zero attached hydrogens (tertiary/aromatic N) is 2. The van der Waals surface area contributed by atoms with Crippen molar-refractivity contribution in [1.29, 1.82) is 0 Å². The predicted octanol–water partition coefficient (Wildman–Crippen LogP) is 3.35. The molecule has 0 atom stereocenters. The van der Waals surface area contributed by atoms with Crippen molar-refractivity contribution >= 4 is 16.9 Å². The Morgan fingerprint density at radius 3 is 2.60 bits per heavy atom. The first kappa shape index (κ1) is 17.0. The Labute approximate surface area is 147 Å². The van der Waals surface area contributed by atoms with Gasteiger partial charge in [-0.25, -0.2) is 4.98 Å². The molecule has 0 saturated heterocycles. The molecule has 1 amide bonds. The highest BCUT2D eigenvalue weighted by atomic mass is 16.5. The molecule has 0 saturated carbocycles. The zero-order chi connectivity index (χ0) is 17.6. The predicted molar refractivity (Wildman–Crippen MR) is 98.8 cm³/mol. The molecule has 1 aromatic heterocycles. The number of para-hydroxylation sites is 3. The van der Waals surface area contributed by atoms with Crippen LogP contribution in [0.2, 0.25) is 0 Å². The molecular formula is C20H23N3O2. The third-order valence-corrected chi connectivity index (χ3v) is 3.97. The maximum Gasteiger partial charge on any atom is 0.257 e. The minimum Gasteiger partial charge on any atom is -0.484 e. The highest BCUT2D eigenvalue weighted by molar-refractivity contribution is 5.78. The molecule has 25 heavy (non-hydrogen) atoms. The zero-order valence-electron chi connectivity index (χ0n) is 14.6. The third kappa shape index (κ3) is 4.18. The second-order valence-corrected chi connectivity index (χ2v) is 6.18. The maximum atomic E-state index is 11.9. The monoisotopic (exact) mass is 337 g/mol. The van der Waals surface area contributed by atoms with Crippen LogP contribution in [-0.2, 0) is 11.2 Å². The number of amides is 1. The largest absolute Gasteiger partial charge is 0.484 e. The Kier molecular flexibility index (Phi) is 5.33. The number of carbonyl (C=O) groups excluding carboxylic acids is 1. The smallest absolute Gasteiger partial charge is 0.257 e. The fourth-order valence-electron chi connectivity index (χ4n) is 2.88. The van der Waals surface area contributed by atoms with Crippen LogP contribution in [0.5, 0.6) is 5.75 Å². The number of carbonyl (C=O) groups is 1. The zero-order valence-corrected chi connectivity index (χ0v) is 14.6. The van der Waals surface area contributed by atoms with E-state index < -0.39 is 0 Å². The summed E-state index contributed by atoms with van der Waals surface area (Å²) in [6.07, 6.45) is 0.684. The van der Waals surface area contributed by atoms with Gasteiger partial charge in [0.1, 0.15) is 11.6 Å². The van der Waals surface area contributed by atoms with Crippen LogP contribution in [0.3, 0.4) is 0 Å². The van der Waals surface area contributed by atoms with Gasteiger partial charge in [0.25, 0.3) is 5.91 Å². The van der Waals surface area contributed by atoms with Crippen molar-refractivity contribution in [1.82, 2.24) is 14.9 Å². The topological polar surface area (TPSA) is 56.2 Å². The van der Waals surface area contributed by atoms with Crippen molar-refractivity contribution in [2.75, 3.05) is 13.2 Å². The lowest BCUT2D eigenvalue weighted by Crippen LogP contribution is -2.31. The van der Waals surface area contributed by atoms with Crippen LogP contribution in [0, 0.1) is 0 Å². The summed E-state index contributed by atoms with van der Waals surface area (Å²) < 4.78 is 7.67. The minimum atomic E-state index is -0.129. The van der Waals surface area contributed by atoms with E-state index in [1.807, 2.05) is 48.5 Å². The molecule has 5 heteroatoms. The highest BCUT2D eigenvalue weighted by Gasteiger charge is 2.13. The number of aromatic nitrogens is 2. The summed E-state index contributed by atoms with van der Waals surface area (Å²) in [7, 11) is 0. The van der Waals surface area contributed by atoms with Crippen molar-refractivity contribution in [2.24, 2.45) is 0 Å². The van der Waals surface area contributed by atoms with E-state index >= 15 is 0 Å². The summed E-state index contributed by atoms with van der Waals surface area (Å²) in [6.45, 7) is 4.84. The standard InChI is InChI=1S/C20H23N3O2/c1-15(2)23-18-11-7-6-10-17(18)22-19(23)12-13-21-20(24)14-25-16-8-4-3-5-9-16/h3-11,15H,12-14H2,1-2H3,(H,21,24). The van der Waals surface area contributed by atoms with Gasteiger partial charge in [0, 0.05) is 19.0 Å². The molecule has 0 aliphatic heterocycles. The second kappa shape index (κ2) is 7.83. The molecule has 0 fully saturated rings. The van der Waals surface area contributed by atoms with Gasteiger partial charge >= 0.3 is 0 Å². The van der Waals surface area contributed by atoms with Crippen molar-refractivity contribution < 1.29 is 9.53 Å². The van der Waals surface area contributed by atoms with Crippen LogP contribution >= 0.6 is 0 Å². The Bertz CT molecular complexity index is 841. The molecule has 2 aromatic carbocycles. The molecule has 130 valence electrons. The van der Waals surface area contributed by atoms with Gasteiger partial charge in [-0.1, -0.05) is 30.3 Å². The maximum absolute atomic E-state index is 11.9. The van der Waals surface area contributed by atoms with Gasteiger partial charge in [0.2, 0.25) is 0 Å². The van der Waals surface area contributed by atoms with Gasteiger partial charge in [-0.2, -0.15) is 0 Å². The summed E-state index contributed by atoms with van der Waals surface area (Å²) in [5.41, 5.74) is 2.12. The number of imidazole rings is 1. The quantitative estimate of drug-likeness (QED) is 0.719. The molecule has 3 rings (SSSR count). The molecule has 0 radical (unpaired) electrons. The average molecular weight is 337 g/mol. The van der Waals surface area contributed by atoms with Gasteiger partial charge in [-0.05, 0) is 38.1 Å². The van der Waals surface area contributed by atoms with Crippen LogP contribution in [0.1, 0.15) is 25.7 Å². The number of hydrogen-bond acceptors (Lipinski definition) is 3. The summed E-state index contributed by atoms with van der Waals surface area (Å²) in [5, 5.41) is 2.89. The number of ether oxygens (including phenoxy) is 1. The number of nitrogens with one attached hydrogen (secondary N) is 1. The molecule has 0 bridgehead atoms. The van der Waals surface area contributed by atoms with E-state index in [0.717, 1.165) is 16.9 Å². The second-order valence-electron chi connectivity index (χ2n) is 6.18. The molecule has 5 nitrogen and oxygen atoms in total. The summed E-state index contributed by atoms with van der Waals surface area (Å²) in [5.74, 6) is 1.55. The van der Waals surface area contributed by atoms with Gasteiger partial charge < -0.3 is 14.6 Å². The first-order chi connectivity index (χ1) is 12.1. The van der Waals surface area contributed by atoms with Crippen molar-refractivity contribution in [3.8, 4) is 5.75 Å². The van der Waals surface area contributed by atoms with Crippen LogP contribution in [0.4, 0.5) is 0 Å². The Morgan fingerprint density at radius 2 is 1.84 bits per heavy atom. The molecule has 0 aliphatic carbocycles. The first-order valence-corrected chi connectivity index (χ1v) is 8.55. The van der Waals surface area contributed by atoms with Crippen molar-refractivity contribution in [2.45, 2.75) is 26.3 Å². The van der Waals surface area contributed by atoms with E-state index in [4.69, 9.17) is 9.72 Å². The molecule has 0 spiro atoms. The molecule has 1 N–H and O–H groups in total. The minimum absolute atomic E-state index is 0.0185.